The van der Waals surface area contributed by atoms with Gasteiger partial charge in [0.05, 0.1) is 25.4 Å². The quantitative estimate of drug-likeness (QED) is 0.605. The molecule has 0 aliphatic heterocycles. The van der Waals surface area contributed by atoms with Crippen molar-refractivity contribution in [2.75, 3.05) is 17.7 Å². The average molecular weight is 375 g/mol. The van der Waals surface area contributed by atoms with Crippen molar-refractivity contribution in [3.63, 3.8) is 0 Å². The van der Waals surface area contributed by atoms with E-state index in [-0.39, 0.29) is 18.1 Å². The van der Waals surface area contributed by atoms with Crippen LogP contribution in [0.5, 0.6) is 5.75 Å². The second kappa shape index (κ2) is 8.81. The third kappa shape index (κ3) is 5.17. The second-order valence-corrected chi connectivity index (χ2v) is 6.26. The molecule has 0 fully saturated rings. The van der Waals surface area contributed by atoms with Gasteiger partial charge in [-0.2, -0.15) is 0 Å². The van der Waals surface area contributed by atoms with Crippen LogP contribution in [0.15, 0.2) is 66.9 Å². The first-order chi connectivity index (χ1) is 13.5. The Kier molecular flexibility index (Phi) is 6.01. The summed E-state index contributed by atoms with van der Waals surface area (Å²) in [4.78, 5) is 27.8. The minimum Gasteiger partial charge on any atom is -0.497 e. The summed E-state index contributed by atoms with van der Waals surface area (Å²) in [5.74, 6) is 1.31. The second-order valence-electron chi connectivity index (χ2n) is 6.26. The van der Waals surface area contributed by atoms with Crippen LogP contribution in [0.2, 0.25) is 0 Å². The number of carbonyl (C=O) groups is 2. The molecule has 1 heterocycles. The number of nitrogens with one attached hydrogen (secondary N) is 2. The number of rotatable bonds is 7. The van der Waals surface area contributed by atoms with Crippen LogP contribution in [0.4, 0.5) is 17.2 Å². The van der Waals surface area contributed by atoms with Gasteiger partial charge in [-0.25, -0.2) is 4.98 Å². The van der Waals surface area contributed by atoms with Crippen LogP contribution in [0.1, 0.15) is 22.8 Å². The molecule has 28 heavy (non-hydrogen) atoms. The van der Waals surface area contributed by atoms with Gasteiger partial charge in [0.1, 0.15) is 11.6 Å². The third-order valence-electron chi connectivity index (χ3n) is 4.13. The Morgan fingerprint density at radius 3 is 2.18 bits per heavy atom. The number of hydrogen-bond donors (Lipinski definition) is 2. The molecule has 6 heteroatoms. The Bertz CT molecular complexity index is 950. The topological polar surface area (TPSA) is 80.3 Å². The summed E-state index contributed by atoms with van der Waals surface area (Å²) in [7, 11) is 1.61. The zero-order valence-corrected chi connectivity index (χ0v) is 15.7. The molecule has 1 aromatic heterocycles. The predicted molar refractivity (Wildman–Crippen MR) is 109 cm³/mol. The van der Waals surface area contributed by atoms with Gasteiger partial charge in [0.2, 0.25) is 5.91 Å². The third-order valence-corrected chi connectivity index (χ3v) is 4.13. The minimum atomic E-state index is -0.118. The molecular weight excluding hydrogens is 354 g/mol. The zero-order chi connectivity index (χ0) is 19.9. The van der Waals surface area contributed by atoms with E-state index in [4.69, 9.17) is 4.74 Å². The van der Waals surface area contributed by atoms with E-state index < -0.39 is 0 Å². The monoisotopic (exact) mass is 375 g/mol. The summed E-state index contributed by atoms with van der Waals surface area (Å²) in [5, 5.41) is 5.99. The first-order valence-corrected chi connectivity index (χ1v) is 8.80. The van der Waals surface area contributed by atoms with Gasteiger partial charge in [0.25, 0.3) is 0 Å². The van der Waals surface area contributed by atoms with Gasteiger partial charge in [-0.15, -0.1) is 0 Å². The standard InChI is InChI=1S/C22H21N3O3/c1-15(26)17-5-7-18(8-6-17)24-21-12-9-19(14-23-21)25-22(27)13-16-3-10-20(28-2)11-4-16/h3-12,14H,13H2,1-2H3,(H,23,24)(H,25,27). The van der Waals surface area contributed by atoms with Gasteiger partial charge in [-0.05, 0) is 61.0 Å². The normalized spacial score (nSPS) is 10.2. The highest BCUT2D eigenvalue weighted by Gasteiger charge is 2.06. The number of hydrogen-bond acceptors (Lipinski definition) is 5. The van der Waals surface area contributed by atoms with Crippen molar-refractivity contribution >= 4 is 28.9 Å². The molecule has 0 saturated carbocycles. The highest BCUT2D eigenvalue weighted by Crippen LogP contribution is 2.18. The van der Waals surface area contributed by atoms with Crippen LogP contribution < -0.4 is 15.4 Å². The van der Waals surface area contributed by atoms with Gasteiger partial charge in [-0.1, -0.05) is 12.1 Å². The van der Waals surface area contributed by atoms with Crippen molar-refractivity contribution in [1.82, 2.24) is 4.98 Å². The van der Waals surface area contributed by atoms with E-state index in [0.29, 0.717) is 17.1 Å². The summed E-state index contributed by atoms with van der Waals surface area (Å²) in [6, 6.07) is 18.1. The summed E-state index contributed by atoms with van der Waals surface area (Å²) >= 11 is 0. The number of carbonyl (C=O) groups excluding carboxylic acids is 2. The van der Waals surface area contributed by atoms with Gasteiger partial charge in [0.15, 0.2) is 5.78 Å². The van der Waals surface area contributed by atoms with Gasteiger partial charge in [0, 0.05) is 11.3 Å². The lowest BCUT2D eigenvalue weighted by atomic mass is 10.1. The van der Waals surface area contributed by atoms with Crippen LogP contribution in [-0.4, -0.2) is 23.8 Å². The Balaban J connectivity index is 1.55. The number of Topliss-reactive ketones (excluding diaryl/α,β-unsaturated/α-hetero) is 1. The molecule has 0 bridgehead atoms. The first-order valence-electron chi connectivity index (χ1n) is 8.80. The van der Waals surface area contributed by atoms with E-state index in [1.54, 1.807) is 37.6 Å². The Morgan fingerprint density at radius 2 is 1.61 bits per heavy atom. The first kappa shape index (κ1) is 19.1. The molecule has 0 spiro atoms. The molecule has 0 saturated heterocycles. The molecule has 0 atom stereocenters. The van der Waals surface area contributed by atoms with Crippen molar-refractivity contribution in [2.45, 2.75) is 13.3 Å². The summed E-state index contributed by atoms with van der Waals surface area (Å²) < 4.78 is 5.11. The Morgan fingerprint density at radius 1 is 0.929 bits per heavy atom. The maximum atomic E-state index is 12.2. The Labute approximate surface area is 163 Å². The molecule has 3 rings (SSSR count). The van der Waals surface area contributed by atoms with E-state index >= 15 is 0 Å². The minimum absolute atomic E-state index is 0.0272. The lowest BCUT2D eigenvalue weighted by Crippen LogP contribution is -2.14. The van der Waals surface area contributed by atoms with Crippen molar-refractivity contribution in [2.24, 2.45) is 0 Å². The highest BCUT2D eigenvalue weighted by atomic mass is 16.5. The van der Waals surface area contributed by atoms with E-state index in [1.807, 2.05) is 36.4 Å². The highest BCUT2D eigenvalue weighted by molar-refractivity contribution is 5.94. The van der Waals surface area contributed by atoms with Crippen molar-refractivity contribution in [1.29, 1.82) is 0 Å². The van der Waals surface area contributed by atoms with Crippen LogP contribution in [0.3, 0.4) is 0 Å². The largest absolute Gasteiger partial charge is 0.497 e. The molecule has 1 amide bonds. The average Bonchev–Trinajstić information content (AvgIpc) is 2.70. The lowest BCUT2D eigenvalue weighted by molar-refractivity contribution is -0.115. The Hall–Kier alpha value is -3.67. The van der Waals surface area contributed by atoms with E-state index in [0.717, 1.165) is 17.0 Å². The smallest absolute Gasteiger partial charge is 0.228 e. The fourth-order valence-electron chi connectivity index (χ4n) is 2.61. The molecule has 0 radical (unpaired) electrons. The number of ketones is 1. The molecule has 0 unspecified atom stereocenters. The van der Waals surface area contributed by atoms with Gasteiger partial charge >= 0.3 is 0 Å². The zero-order valence-electron chi connectivity index (χ0n) is 15.7. The molecule has 2 aromatic carbocycles. The molecule has 2 N–H and O–H groups in total. The van der Waals surface area contributed by atoms with Crippen molar-refractivity contribution < 1.29 is 14.3 Å². The van der Waals surface area contributed by atoms with E-state index in [1.165, 1.54) is 6.92 Å². The maximum absolute atomic E-state index is 12.2. The maximum Gasteiger partial charge on any atom is 0.228 e. The van der Waals surface area contributed by atoms with Crippen LogP contribution in [-0.2, 0) is 11.2 Å². The van der Waals surface area contributed by atoms with Gasteiger partial charge in [-0.3, -0.25) is 9.59 Å². The summed E-state index contributed by atoms with van der Waals surface area (Å²) in [6.45, 7) is 1.53. The molecule has 3 aromatic rings. The summed E-state index contributed by atoms with van der Waals surface area (Å²) in [6.07, 6.45) is 1.87. The number of anilines is 3. The fraction of sp³-hybridized carbons (Fsp3) is 0.136. The molecule has 142 valence electrons. The number of pyridine rings is 1. The number of benzene rings is 2. The van der Waals surface area contributed by atoms with Crippen LogP contribution >= 0.6 is 0 Å². The predicted octanol–water partition coefficient (Wildman–Crippen LogP) is 4.22. The molecular formula is C22H21N3O3. The molecule has 0 aliphatic carbocycles. The van der Waals surface area contributed by atoms with Crippen LogP contribution in [0, 0.1) is 0 Å². The molecule has 0 aliphatic rings. The van der Waals surface area contributed by atoms with Gasteiger partial charge < -0.3 is 15.4 Å². The molecule has 6 nitrogen and oxygen atoms in total. The fourth-order valence-corrected chi connectivity index (χ4v) is 2.61. The van der Waals surface area contributed by atoms with Crippen LogP contribution in [0.25, 0.3) is 0 Å². The SMILES string of the molecule is COc1ccc(CC(=O)Nc2ccc(Nc3ccc(C(C)=O)cc3)nc2)cc1. The summed E-state index contributed by atoms with van der Waals surface area (Å²) in [5.41, 5.74) is 3.01. The number of amides is 1. The number of ether oxygens (including phenoxy) is 1. The number of aromatic nitrogens is 1. The van der Waals surface area contributed by atoms with E-state index in [2.05, 4.69) is 15.6 Å². The van der Waals surface area contributed by atoms with E-state index in [9.17, 15) is 9.59 Å². The number of nitrogens with zero attached hydrogens (tertiary/aromatic N) is 1. The number of methoxy groups -OCH3 is 1. The lowest BCUT2D eigenvalue weighted by Gasteiger charge is -2.09. The van der Waals surface area contributed by atoms with Crippen molar-refractivity contribution in [3.05, 3.63) is 78.0 Å². The van der Waals surface area contributed by atoms with Crippen molar-refractivity contribution in [3.8, 4) is 5.75 Å².